The number of hydrogen-bond acceptors (Lipinski definition) is 4. The molecule has 8 heteroatoms. The number of carbonyl (C=O) groups is 1. The molecule has 0 saturated carbocycles. The number of nitrogens with zero attached hydrogens (tertiary/aromatic N) is 3. The predicted molar refractivity (Wildman–Crippen MR) is 166 cm³/mol. The Balaban J connectivity index is 1.28. The molecule has 206 valence electrons. The van der Waals surface area contributed by atoms with E-state index in [0.717, 1.165) is 39.3 Å². The van der Waals surface area contributed by atoms with Gasteiger partial charge in [0.2, 0.25) is 5.91 Å². The van der Waals surface area contributed by atoms with Crippen molar-refractivity contribution >= 4 is 39.7 Å². The standard InChI is InChI=1S/C33H31N5O2S/c1-2-40-25-17-15-24(16-18-25)37-21-8-14-29(37)32-31(28-12-5-6-20-34-28)36-33(41)38(32)22-19-30(39)35-27-13-7-10-23-9-3-4-11-26(23)27/h3-18,20-21,31-32H,2,19,22H2,1H3,(H,35,39)(H,36,41)/t31-,32+/m1/s1. The van der Waals surface area contributed by atoms with Crippen LogP contribution >= 0.6 is 12.2 Å². The summed E-state index contributed by atoms with van der Waals surface area (Å²) in [6, 6.07) is 31.7. The number of pyridine rings is 1. The van der Waals surface area contributed by atoms with Crippen LogP contribution < -0.4 is 15.4 Å². The monoisotopic (exact) mass is 561 g/mol. The first-order valence-corrected chi connectivity index (χ1v) is 14.2. The third-order valence-electron chi connectivity index (χ3n) is 7.35. The van der Waals surface area contributed by atoms with Crippen LogP contribution in [0.3, 0.4) is 0 Å². The second kappa shape index (κ2) is 11.8. The molecule has 41 heavy (non-hydrogen) atoms. The van der Waals surface area contributed by atoms with Crippen LogP contribution in [-0.2, 0) is 4.79 Å². The highest BCUT2D eigenvalue weighted by molar-refractivity contribution is 7.80. The van der Waals surface area contributed by atoms with E-state index in [1.807, 2.05) is 104 Å². The Morgan fingerprint density at radius 1 is 0.976 bits per heavy atom. The van der Waals surface area contributed by atoms with Crippen molar-refractivity contribution in [3.05, 3.63) is 121 Å². The topological polar surface area (TPSA) is 71.4 Å². The minimum atomic E-state index is -0.179. The molecule has 2 atom stereocenters. The summed E-state index contributed by atoms with van der Waals surface area (Å²) in [5, 5.41) is 9.30. The molecule has 0 unspecified atom stereocenters. The zero-order valence-corrected chi connectivity index (χ0v) is 23.6. The first kappa shape index (κ1) is 26.5. The molecule has 3 aromatic carbocycles. The number of benzene rings is 3. The van der Waals surface area contributed by atoms with Crippen LogP contribution in [-0.4, -0.2) is 38.6 Å². The van der Waals surface area contributed by atoms with Gasteiger partial charge in [-0.05, 0) is 79.1 Å². The number of hydrogen-bond donors (Lipinski definition) is 2. The van der Waals surface area contributed by atoms with Gasteiger partial charge < -0.3 is 24.8 Å². The number of anilines is 1. The fraction of sp³-hybridized carbons (Fsp3) is 0.182. The van der Waals surface area contributed by atoms with Gasteiger partial charge in [0.15, 0.2) is 5.11 Å². The van der Waals surface area contributed by atoms with E-state index in [0.29, 0.717) is 18.3 Å². The maximum Gasteiger partial charge on any atom is 0.226 e. The van der Waals surface area contributed by atoms with E-state index in [-0.39, 0.29) is 24.4 Å². The van der Waals surface area contributed by atoms with Gasteiger partial charge in [-0.1, -0.05) is 42.5 Å². The Morgan fingerprint density at radius 3 is 2.59 bits per heavy atom. The highest BCUT2D eigenvalue weighted by atomic mass is 32.1. The van der Waals surface area contributed by atoms with Gasteiger partial charge in [0.05, 0.1) is 24.4 Å². The van der Waals surface area contributed by atoms with Gasteiger partial charge in [0.25, 0.3) is 0 Å². The van der Waals surface area contributed by atoms with Crippen LogP contribution in [0.2, 0.25) is 0 Å². The normalized spacial score (nSPS) is 16.5. The molecular formula is C33H31N5O2S. The lowest BCUT2D eigenvalue weighted by Crippen LogP contribution is -2.33. The van der Waals surface area contributed by atoms with Crippen molar-refractivity contribution < 1.29 is 9.53 Å². The zero-order valence-electron chi connectivity index (χ0n) is 22.7. The molecule has 6 rings (SSSR count). The lowest BCUT2D eigenvalue weighted by molar-refractivity contribution is -0.116. The summed E-state index contributed by atoms with van der Waals surface area (Å²) >= 11 is 5.85. The number of aromatic nitrogens is 2. The molecule has 1 aliphatic heterocycles. The van der Waals surface area contributed by atoms with Crippen molar-refractivity contribution in [1.82, 2.24) is 19.8 Å². The fourth-order valence-corrected chi connectivity index (χ4v) is 5.81. The molecular weight excluding hydrogens is 530 g/mol. The van der Waals surface area contributed by atoms with Gasteiger partial charge in [-0.15, -0.1) is 0 Å². The van der Waals surface area contributed by atoms with Crippen molar-refractivity contribution in [2.75, 3.05) is 18.5 Å². The van der Waals surface area contributed by atoms with Crippen molar-refractivity contribution in [3.63, 3.8) is 0 Å². The molecule has 1 aliphatic rings. The maximum atomic E-state index is 13.2. The number of rotatable bonds is 9. The van der Waals surface area contributed by atoms with E-state index < -0.39 is 0 Å². The average Bonchev–Trinajstić information content (AvgIpc) is 3.61. The van der Waals surface area contributed by atoms with Gasteiger partial charge in [0, 0.05) is 47.8 Å². The molecule has 5 aromatic rings. The van der Waals surface area contributed by atoms with E-state index in [1.165, 1.54) is 0 Å². The third-order valence-corrected chi connectivity index (χ3v) is 7.70. The largest absolute Gasteiger partial charge is 0.494 e. The molecule has 0 spiro atoms. The lowest BCUT2D eigenvalue weighted by Gasteiger charge is -2.29. The van der Waals surface area contributed by atoms with E-state index in [1.54, 1.807) is 6.20 Å². The Morgan fingerprint density at radius 2 is 1.78 bits per heavy atom. The Bertz CT molecular complexity index is 1660. The molecule has 1 amide bonds. The van der Waals surface area contributed by atoms with E-state index in [2.05, 4.69) is 31.2 Å². The van der Waals surface area contributed by atoms with Crippen molar-refractivity contribution in [3.8, 4) is 11.4 Å². The number of ether oxygens (including phenoxy) is 1. The summed E-state index contributed by atoms with van der Waals surface area (Å²) < 4.78 is 7.81. The fourth-order valence-electron chi connectivity index (χ4n) is 5.48. The molecule has 1 fully saturated rings. The van der Waals surface area contributed by atoms with Crippen LogP contribution in [0.5, 0.6) is 5.75 Å². The summed E-state index contributed by atoms with van der Waals surface area (Å²) in [6.07, 6.45) is 4.12. The molecule has 0 bridgehead atoms. The Hall–Kier alpha value is -4.69. The minimum Gasteiger partial charge on any atom is -0.494 e. The number of carbonyl (C=O) groups excluding carboxylic acids is 1. The molecule has 3 heterocycles. The molecule has 2 aromatic heterocycles. The zero-order chi connectivity index (χ0) is 28.2. The van der Waals surface area contributed by atoms with Gasteiger partial charge in [-0.2, -0.15) is 0 Å². The number of amides is 1. The van der Waals surface area contributed by atoms with Crippen molar-refractivity contribution in [1.29, 1.82) is 0 Å². The predicted octanol–water partition coefficient (Wildman–Crippen LogP) is 6.43. The minimum absolute atomic E-state index is 0.0638. The molecule has 7 nitrogen and oxygen atoms in total. The number of nitrogens with one attached hydrogen (secondary N) is 2. The Labute approximate surface area is 244 Å². The first-order chi connectivity index (χ1) is 20.1. The number of fused-ring (bicyclic) bond motifs is 1. The van der Waals surface area contributed by atoms with Gasteiger partial charge in [0.1, 0.15) is 5.75 Å². The lowest BCUT2D eigenvalue weighted by atomic mass is 10.0. The maximum absolute atomic E-state index is 13.2. The number of thiocarbonyl (C=S) groups is 1. The van der Waals surface area contributed by atoms with Crippen LogP contribution in [0.1, 0.15) is 36.8 Å². The highest BCUT2D eigenvalue weighted by Crippen LogP contribution is 2.39. The van der Waals surface area contributed by atoms with Gasteiger partial charge >= 0.3 is 0 Å². The SMILES string of the molecule is CCOc1ccc(-n2cccc2[C@H]2[C@@H](c3ccccn3)NC(=S)N2CCC(=O)Nc2cccc3ccccc23)cc1. The smallest absolute Gasteiger partial charge is 0.226 e. The van der Waals surface area contributed by atoms with E-state index >= 15 is 0 Å². The van der Waals surface area contributed by atoms with Crippen molar-refractivity contribution in [2.45, 2.75) is 25.4 Å². The summed E-state index contributed by atoms with van der Waals surface area (Å²) in [4.78, 5) is 20.0. The molecule has 1 saturated heterocycles. The average molecular weight is 562 g/mol. The van der Waals surface area contributed by atoms with Crippen LogP contribution in [0.25, 0.3) is 16.5 Å². The molecule has 0 aliphatic carbocycles. The van der Waals surface area contributed by atoms with Crippen LogP contribution in [0, 0.1) is 0 Å². The summed E-state index contributed by atoms with van der Waals surface area (Å²) in [5.41, 5.74) is 3.76. The summed E-state index contributed by atoms with van der Waals surface area (Å²) in [7, 11) is 0. The van der Waals surface area contributed by atoms with Gasteiger partial charge in [-0.25, -0.2) is 0 Å². The Kier molecular flexibility index (Phi) is 7.65. The quantitative estimate of drug-likeness (QED) is 0.202. The second-order valence-corrected chi connectivity index (χ2v) is 10.3. The van der Waals surface area contributed by atoms with E-state index in [4.69, 9.17) is 17.0 Å². The van der Waals surface area contributed by atoms with E-state index in [9.17, 15) is 4.79 Å². The third kappa shape index (κ3) is 5.51. The molecule has 0 radical (unpaired) electrons. The summed E-state index contributed by atoms with van der Waals surface area (Å²) in [6.45, 7) is 3.04. The first-order valence-electron chi connectivity index (χ1n) is 13.8. The van der Waals surface area contributed by atoms with Crippen LogP contribution in [0.15, 0.2) is 109 Å². The highest BCUT2D eigenvalue weighted by Gasteiger charge is 2.41. The van der Waals surface area contributed by atoms with Gasteiger partial charge in [-0.3, -0.25) is 9.78 Å². The van der Waals surface area contributed by atoms with Crippen molar-refractivity contribution in [2.24, 2.45) is 0 Å². The second-order valence-electron chi connectivity index (χ2n) is 9.87. The van der Waals surface area contributed by atoms with Crippen LogP contribution in [0.4, 0.5) is 5.69 Å². The molecule has 2 N–H and O–H groups in total. The summed E-state index contributed by atoms with van der Waals surface area (Å²) in [5.74, 6) is 0.768.